The zero-order chi connectivity index (χ0) is 52.0. The van der Waals surface area contributed by atoms with Crippen molar-refractivity contribution in [1.82, 2.24) is 15.5 Å². The molecule has 5 fully saturated rings. The van der Waals surface area contributed by atoms with Crippen molar-refractivity contribution in [2.45, 2.75) is 77.9 Å². The lowest BCUT2D eigenvalue weighted by molar-refractivity contribution is -0.0807. The highest BCUT2D eigenvalue weighted by Crippen LogP contribution is 2.67. The number of primary amides is 1. The van der Waals surface area contributed by atoms with E-state index >= 15 is 4.39 Å². The van der Waals surface area contributed by atoms with Gasteiger partial charge in [-0.25, -0.2) is 8.78 Å². The van der Waals surface area contributed by atoms with Crippen molar-refractivity contribution in [2.24, 2.45) is 35.3 Å². The molecule has 4 bridgehead atoms. The van der Waals surface area contributed by atoms with E-state index in [1.165, 1.54) is 61.7 Å². The third-order valence-electron chi connectivity index (χ3n) is 16.5. The minimum absolute atomic E-state index is 0.0686. The predicted octanol–water partition coefficient (Wildman–Crippen LogP) is 13.2. The molecule has 74 heavy (non-hydrogen) atoms. The number of hydrogen-bond acceptors (Lipinski definition) is 6. The summed E-state index contributed by atoms with van der Waals surface area (Å²) in [5, 5.41) is 7.22. The molecule has 5 aliphatic rings. The molecule has 376 valence electrons. The van der Waals surface area contributed by atoms with Crippen LogP contribution in [0.2, 0.25) is 0 Å². The molecule has 5 saturated carbocycles. The molecule has 3 atom stereocenters. The number of rotatable bonds is 12. The van der Waals surface area contributed by atoms with Gasteiger partial charge in [-0.15, -0.1) is 0 Å². The first-order valence-electron chi connectivity index (χ1n) is 25.4. The van der Waals surface area contributed by atoms with Gasteiger partial charge in [-0.05, 0) is 209 Å². The molecule has 0 saturated heterocycles. The summed E-state index contributed by atoms with van der Waals surface area (Å²) >= 11 is 0. The molecule has 8 aromatic rings. The number of carbonyl (C=O) groups excluding carboxylic acids is 4. The molecule has 0 radical (unpaired) electrons. The molecule has 6 aromatic carbocycles. The van der Waals surface area contributed by atoms with Crippen molar-refractivity contribution in [2.75, 3.05) is 7.05 Å². The summed E-state index contributed by atoms with van der Waals surface area (Å²) < 4.78 is 42.2. The van der Waals surface area contributed by atoms with Crippen LogP contribution >= 0.6 is 0 Å². The highest BCUT2D eigenvalue weighted by atomic mass is 19.1. The maximum atomic E-state index is 15.3. The summed E-state index contributed by atoms with van der Waals surface area (Å²) in [4.78, 5) is 57.3. The zero-order valence-corrected chi connectivity index (χ0v) is 42.3. The Morgan fingerprint density at radius 3 is 1.80 bits per heavy atom. The van der Waals surface area contributed by atoms with E-state index in [4.69, 9.17) is 14.6 Å². The molecule has 3 unspecified atom stereocenters. The first-order valence-corrected chi connectivity index (χ1v) is 25.4. The van der Waals surface area contributed by atoms with Crippen molar-refractivity contribution in [3.63, 3.8) is 0 Å². The van der Waals surface area contributed by atoms with Crippen LogP contribution in [-0.2, 0) is 6.54 Å². The number of fused-ring (bicyclic) bond motifs is 5. The average Bonchev–Trinajstić information content (AvgIpc) is 4.20. The molecule has 4 amide bonds. The van der Waals surface area contributed by atoms with E-state index in [1.54, 1.807) is 48.3 Å². The molecule has 13 rings (SSSR count). The first-order chi connectivity index (χ1) is 35.3. The van der Waals surface area contributed by atoms with Crippen LogP contribution in [0.15, 0.2) is 136 Å². The maximum Gasteiger partial charge on any atom is 0.256 e. The summed E-state index contributed by atoms with van der Waals surface area (Å²) in [5.74, 6) is 1.23. The Morgan fingerprint density at radius 1 is 0.608 bits per heavy atom. The molecule has 2 aromatic heterocycles. The van der Waals surface area contributed by atoms with Gasteiger partial charge in [0.1, 0.15) is 34.3 Å². The van der Waals surface area contributed by atoms with Gasteiger partial charge in [-0.1, -0.05) is 36.4 Å². The number of nitrogens with two attached hydrogens (primary N) is 1. The van der Waals surface area contributed by atoms with Gasteiger partial charge in [0.05, 0.1) is 11.1 Å². The third-order valence-corrected chi connectivity index (χ3v) is 16.5. The topological polar surface area (TPSA) is 148 Å². The van der Waals surface area contributed by atoms with Gasteiger partial charge < -0.3 is 30.1 Å². The largest absolute Gasteiger partial charge is 0.455 e. The van der Waals surface area contributed by atoms with Crippen molar-refractivity contribution in [1.29, 1.82) is 0 Å². The summed E-state index contributed by atoms with van der Waals surface area (Å²) in [6.45, 7) is 9.98. The number of benzene rings is 6. The number of carbonyl (C=O) groups is 4. The van der Waals surface area contributed by atoms with Gasteiger partial charge in [0, 0.05) is 57.7 Å². The fraction of sp³-hybridized carbons (Fsp3) is 0.290. The average molecular weight is 993 g/mol. The second-order valence-electron chi connectivity index (χ2n) is 22.1. The van der Waals surface area contributed by atoms with E-state index < -0.39 is 29.0 Å². The van der Waals surface area contributed by atoms with Gasteiger partial charge in [-0.2, -0.15) is 0 Å². The highest BCUT2D eigenvalue weighted by Gasteiger charge is 2.62. The van der Waals surface area contributed by atoms with Crippen LogP contribution < -0.4 is 16.4 Å². The first kappa shape index (κ1) is 48.4. The number of halogens is 2. The van der Waals surface area contributed by atoms with Crippen molar-refractivity contribution < 1.29 is 36.8 Å². The van der Waals surface area contributed by atoms with Crippen LogP contribution in [0.5, 0.6) is 0 Å². The molecule has 4 N–H and O–H groups in total. The van der Waals surface area contributed by atoms with Gasteiger partial charge in [0.25, 0.3) is 23.6 Å². The van der Waals surface area contributed by atoms with Crippen LogP contribution in [0.3, 0.4) is 0 Å². The molecular formula is C62H58F2N4O6. The minimum atomic E-state index is -0.778. The lowest BCUT2D eigenvalue weighted by atomic mass is 9.48. The van der Waals surface area contributed by atoms with E-state index in [0.29, 0.717) is 67.2 Å². The van der Waals surface area contributed by atoms with E-state index in [-0.39, 0.29) is 46.5 Å². The minimum Gasteiger partial charge on any atom is -0.455 e. The Labute approximate surface area is 428 Å². The van der Waals surface area contributed by atoms with Crippen molar-refractivity contribution in [3.8, 4) is 44.9 Å². The SMILES string of the molecule is CN(C(=O)c1cccc(-c2ccc3oc(-c4ccc(F)cc4)c(C(=O)NCc4cc(F)ccc4-c4oc5ccc(-c6cccc(C(=O)NC(C)(C)C7CCC8C9CCC8C97)c6)cc5c4C(N)=O)c3c2)c1)C(C)(C)C. The standard InChI is InChI=1S/C62H58F2N4O6/c1-61(2,3)68(6)60(72)39-12-8-10-35(28-39)37-16-26-51-48(31-37)54(55(73-51)33-13-17-41(63)18-14-33)59(71)66-32-40-29-42(64)19-20-43(40)56-53(57(65)69)47-30-36(15-25-50(47)74-56)34-9-7-11-38(27-34)58(70)67-62(4,5)49-24-23-44-45-21-22-46(44)52(45)49/h7-20,25-31,44-46,49,52H,21-24,32H2,1-6H3,(H2,65,69)(H,66,71)(H,67,70). The van der Waals surface area contributed by atoms with E-state index in [0.717, 1.165) is 40.9 Å². The fourth-order valence-corrected chi connectivity index (χ4v) is 12.5. The van der Waals surface area contributed by atoms with Crippen LogP contribution in [0.4, 0.5) is 8.78 Å². The van der Waals surface area contributed by atoms with Gasteiger partial charge in [-0.3, -0.25) is 19.2 Å². The fourth-order valence-electron chi connectivity index (χ4n) is 12.5. The van der Waals surface area contributed by atoms with E-state index in [9.17, 15) is 23.6 Å². The van der Waals surface area contributed by atoms with Crippen molar-refractivity contribution >= 4 is 45.6 Å². The Hall–Kier alpha value is -7.86. The zero-order valence-electron chi connectivity index (χ0n) is 42.3. The molecule has 0 aliphatic heterocycles. The smallest absolute Gasteiger partial charge is 0.256 e. The van der Waals surface area contributed by atoms with Gasteiger partial charge >= 0.3 is 0 Å². The van der Waals surface area contributed by atoms with Gasteiger partial charge in [0.15, 0.2) is 0 Å². The number of nitrogens with zero attached hydrogens (tertiary/aromatic N) is 1. The summed E-state index contributed by atoms with van der Waals surface area (Å²) in [7, 11) is 1.76. The predicted molar refractivity (Wildman–Crippen MR) is 283 cm³/mol. The second kappa shape index (κ2) is 18.3. The number of furan rings is 2. The lowest BCUT2D eigenvalue weighted by Gasteiger charge is -2.58. The Morgan fingerprint density at radius 2 is 1.16 bits per heavy atom. The molecule has 12 heteroatoms. The monoisotopic (exact) mass is 992 g/mol. The normalized spacial score (nSPS) is 19.1. The highest BCUT2D eigenvalue weighted by molar-refractivity contribution is 6.13. The molecule has 5 aliphatic carbocycles. The van der Waals surface area contributed by atoms with E-state index in [2.05, 4.69) is 24.5 Å². The summed E-state index contributed by atoms with van der Waals surface area (Å²) in [6, 6.07) is 35.0. The van der Waals surface area contributed by atoms with Crippen LogP contribution in [0.25, 0.3) is 66.8 Å². The lowest BCUT2D eigenvalue weighted by Crippen LogP contribution is -2.59. The van der Waals surface area contributed by atoms with Crippen molar-refractivity contribution in [3.05, 3.63) is 167 Å². The van der Waals surface area contributed by atoms with E-state index in [1.807, 2.05) is 69.3 Å². The van der Waals surface area contributed by atoms with Crippen LogP contribution in [0.1, 0.15) is 107 Å². The summed E-state index contributed by atoms with van der Waals surface area (Å²) in [6.07, 6.45) is 5.03. The Bertz CT molecular complexity index is 3570. The van der Waals surface area contributed by atoms with Gasteiger partial charge in [0.2, 0.25) is 0 Å². The number of nitrogens with one attached hydrogen (secondary N) is 2. The van der Waals surface area contributed by atoms with Crippen LogP contribution in [0, 0.1) is 41.2 Å². The number of amides is 4. The second-order valence-corrected chi connectivity index (χ2v) is 22.1. The molecule has 0 spiro atoms. The molecule has 10 nitrogen and oxygen atoms in total. The third kappa shape index (κ3) is 8.53. The quantitative estimate of drug-likeness (QED) is 0.111. The van der Waals surface area contributed by atoms with Crippen LogP contribution in [-0.4, -0.2) is 46.7 Å². The number of hydrogen-bond donors (Lipinski definition) is 3. The maximum absolute atomic E-state index is 15.3. The molecular weight excluding hydrogens is 935 g/mol. The Kier molecular flexibility index (Phi) is 11.9. The Balaban J connectivity index is 0.891. The molecule has 2 heterocycles. The summed E-state index contributed by atoms with van der Waals surface area (Å²) in [5.41, 5.74) is 11.3.